The van der Waals surface area contributed by atoms with Crippen molar-refractivity contribution in [1.82, 2.24) is 0 Å². The van der Waals surface area contributed by atoms with Crippen molar-refractivity contribution in [2.75, 3.05) is 16.4 Å². The number of nitrogens with two attached hydrogens (primary N) is 1. The second-order valence-corrected chi connectivity index (χ2v) is 5.06. The fourth-order valence-corrected chi connectivity index (χ4v) is 2.15. The van der Waals surface area contributed by atoms with E-state index in [9.17, 15) is 4.79 Å². The van der Waals surface area contributed by atoms with E-state index in [0.717, 1.165) is 0 Å². The highest BCUT2D eigenvalue weighted by Gasteiger charge is 2.07. The van der Waals surface area contributed by atoms with Gasteiger partial charge in [0.15, 0.2) is 0 Å². The van der Waals surface area contributed by atoms with Crippen LogP contribution in [0.5, 0.6) is 0 Å². The normalized spacial score (nSPS) is 10.0. The summed E-state index contributed by atoms with van der Waals surface area (Å²) < 4.78 is 0.710. The standard InChI is InChI=1S/C13H11BrClN3O/c14-9-7-8(16)5-6-11(9)17-13(19)18-12-4-2-1-3-10(12)15/h1-7H,16H2,(H2,17,18,19). The molecule has 0 unspecified atom stereocenters. The summed E-state index contributed by atoms with van der Waals surface area (Å²) in [4.78, 5) is 11.8. The van der Waals surface area contributed by atoms with E-state index in [0.29, 0.717) is 26.6 Å². The van der Waals surface area contributed by atoms with E-state index < -0.39 is 0 Å². The number of urea groups is 1. The molecule has 2 aromatic rings. The van der Waals surface area contributed by atoms with Crippen LogP contribution in [0.3, 0.4) is 0 Å². The molecule has 0 aromatic heterocycles. The lowest BCUT2D eigenvalue weighted by molar-refractivity contribution is 0.262. The number of benzene rings is 2. The number of rotatable bonds is 2. The maximum absolute atomic E-state index is 11.8. The van der Waals surface area contributed by atoms with E-state index in [4.69, 9.17) is 17.3 Å². The summed E-state index contributed by atoms with van der Waals surface area (Å²) in [7, 11) is 0. The molecule has 4 N–H and O–H groups in total. The Morgan fingerprint density at radius 1 is 1.11 bits per heavy atom. The average molecular weight is 341 g/mol. The van der Waals surface area contributed by atoms with Crippen molar-refractivity contribution in [2.45, 2.75) is 0 Å². The first-order chi connectivity index (χ1) is 9.06. The number of halogens is 2. The van der Waals surface area contributed by atoms with Gasteiger partial charge in [0.25, 0.3) is 0 Å². The largest absolute Gasteiger partial charge is 0.399 e. The highest BCUT2D eigenvalue weighted by atomic mass is 79.9. The maximum Gasteiger partial charge on any atom is 0.323 e. The number of amides is 2. The van der Waals surface area contributed by atoms with Crippen LogP contribution < -0.4 is 16.4 Å². The highest BCUT2D eigenvalue weighted by Crippen LogP contribution is 2.25. The summed E-state index contributed by atoms with van der Waals surface area (Å²) in [6.07, 6.45) is 0. The molecule has 2 amide bonds. The number of carbonyl (C=O) groups excluding carboxylic acids is 1. The number of nitrogen functional groups attached to an aromatic ring is 1. The van der Waals surface area contributed by atoms with E-state index in [1.54, 1.807) is 42.5 Å². The zero-order chi connectivity index (χ0) is 13.8. The molecule has 0 heterocycles. The van der Waals surface area contributed by atoms with Crippen LogP contribution in [-0.4, -0.2) is 6.03 Å². The lowest BCUT2D eigenvalue weighted by atomic mass is 10.3. The zero-order valence-corrected chi connectivity index (χ0v) is 12.1. The summed E-state index contributed by atoms with van der Waals surface area (Å²) in [5.74, 6) is 0. The van der Waals surface area contributed by atoms with Gasteiger partial charge >= 0.3 is 6.03 Å². The average Bonchev–Trinajstić information content (AvgIpc) is 2.36. The lowest BCUT2D eigenvalue weighted by Crippen LogP contribution is -2.19. The second-order valence-electron chi connectivity index (χ2n) is 3.80. The number of carbonyl (C=O) groups is 1. The minimum Gasteiger partial charge on any atom is -0.399 e. The van der Waals surface area contributed by atoms with Gasteiger partial charge in [0, 0.05) is 10.2 Å². The molecule has 0 atom stereocenters. The minimum absolute atomic E-state index is 0.376. The van der Waals surface area contributed by atoms with Gasteiger partial charge in [0.1, 0.15) is 0 Å². The predicted molar refractivity (Wildman–Crippen MR) is 82.6 cm³/mol. The first-order valence-electron chi connectivity index (χ1n) is 5.44. The number of para-hydroxylation sites is 1. The first-order valence-corrected chi connectivity index (χ1v) is 6.61. The lowest BCUT2D eigenvalue weighted by Gasteiger charge is -2.10. The van der Waals surface area contributed by atoms with E-state index in [1.165, 1.54) is 0 Å². The number of nitrogens with one attached hydrogen (secondary N) is 2. The SMILES string of the molecule is Nc1ccc(NC(=O)Nc2ccccc2Cl)c(Br)c1. The summed E-state index contributed by atoms with van der Waals surface area (Å²) >= 11 is 9.28. The molecule has 2 rings (SSSR count). The van der Waals surface area contributed by atoms with Crippen molar-refractivity contribution in [3.05, 3.63) is 52.0 Å². The van der Waals surface area contributed by atoms with E-state index in [2.05, 4.69) is 26.6 Å². The van der Waals surface area contributed by atoms with E-state index >= 15 is 0 Å². The molecule has 0 saturated heterocycles. The van der Waals surface area contributed by atoms with Crippen LogP contribution >= 0.6 is 27.5 Å². The Labute approximate surface area is 124 Å². The van der Waals surface area contributed by atoms with Crippen LogP contribution in [-0.2, 0) is 0 Å². The summed E-state index contributed by atoms with van der Waals surface area (Å²) in [5, 5.41) is 5.85. The Morgan fingerprint density at radius 3 is 2.47 bits per heavy atom. The molecule has 0 aliphatic carbocycles. The van der Waals surface area contributed by atoms with E-state index in [-0.39, 0.29) is 6.03 Å². The summed E-state index contributed by atoms with van der Waals surface area (Å²) in [6, 6.07) is 11.8. The van der Waals surface area contributed by atoms with Crippen molar-refractivity contribution >= 4 is 50.6 Å². The summed E-state index contributed by atoms with van der Waals surface area (Å²) in [6.45, 7) is 0. The highest BCUT2D eigenvalue weighted by molar-refractivity contribution is 9.10. The minimum atomic E-state index is -0.376. The molecular weight excluding hydrogens is 330 g/mol. The van der Waals surface area contributed by atoms with E-state index in [1.807, 2.05) is 0 Å². The van der Waals surface area contributed by atoms with Crippen molar-refractivity contribution in [3.8, 4) is 0 Å². The molecule has 0 saturated carbocycles. The molecule has 0 radical (unpaired) electrons. The molecule has 98 valence electrons. The second kappa shape index (κ2) is 5.95. The number of anilines is 3. The van der Waals surface area contributed by atoms with Crippen molar-refractivity contribution in [3.63, 3.8) is 0 Å². The molecule has 2 aromatic carbocycles. The quantitative estimate of drug-likeness (QED) is 0.712. The van der Waals surface area contributed by atoms with Gasteiger partial charge in [-0.3, -0.25) is 0 Å². The van der Waals surface area contributed by atoms with Gasteiger partial charge in [0.05, 0.1) is 16.4 Å². The van der Waals surface area contributed by atoms with Crippen LogP contribution in [0, 0.1) is 0 Å². The van der Waals surface area contributed by atoms with Crippen LogP contribution in [0.25, 0.3) is 0 Å². The topological polar surface area (TPSA) is 67.1 Å². The van der Waals surface area contributed by atoms with Crippen LogP contribution in [0.15, 0.2) is 46.9 Å². The summed E-state index contributed by atoms with van der Waals surface area (Å²) in [5.41, 5.74) is 7.41. The van der Waals surface area contributed by atoms with Gasteiger partial charge < -0.3 is 16.4 Å². The van der Waals surface area contributed by atoms with Crippen molar-refractivity contribution in [2.24, 2.45) is 0 Å². The third kappa shape index (κ3) is 3.62. The molecule has 19 heavy (non-hydrogen) atoms. The van der Waals surface area contributed by atoms with Gasteiger partial charge in [-0.15, -0.1) is 0 Å². The van der Waals surface area contributed by atoms with Gasteiger partial charge in [0.2, 0.25) is 0 Å². The van der Waals surface area contributed by atoms with Crippen LogP contribution in [0.1, 0.15) is 0 Å². The van der Waals surface area contributed by atoms with Gasteiger partial charge in [-0.2, -0.15) is 0 Å². The Kier molecular flexibility index (Phi) is 4.29. The van der Waals surface area contributed by atoms with Crippen molar-refractivity contribution in [1.29, 1.82) is 0 Å². The molecular formula is C13H11BrClN3O. The third-order valence-corrected chi connectivity index (χ3v) is 3.35. The molecule has 0 bridgehead atoms. The third-order valence-electron chi connectivity index (χ3n) is 2.36. The van der Waals surface area contributed by atoms with Gasteiger partial charge in [-0.25, -0.2) is 4.79 Å². The Balaban J connectivity index is 2.08. The van der Waals surface area contributed by atoms with Gasteiger partial charge in [-0.1, -0.05) is 23.7 Å². The fraction of sp³-hybridized carbons (Fsp3) is 0. The monoisotopic (exact) mass is 339 g/mol. The van der Waals surface area contributed by atoms with Crippen LogP contribution in [0.2, 0.25) is 5.02 Å². The molecule has 0 aliphatic rings. The van der Waals surface area contributed by atoms with Gasteiger partial charge in [-0.05, 0) is 46.3 Å². The maximum atomic E-state index is 11.8. The Bertz CT molecular complexity index is 619. The molecule has 4 nitrogen and oxygen atoms in total. The smallest absolute Gasteiger partial charge is 0.323 e. The Morgan fingerprint density at radius 2 is 1.79 bits per heavy atom. The molecule has 6 heteroatoms. The molecule has 0 fully saturated rings. The number of hydrogen-bond donors (Lipinski definition) is 3. The van der Waals surface area contributed by atoms with Crippen molar-refractivity contribution < 1.29 is 4.79 Å². The Hall–Kier alpha value is -1.72. The van der Waals surface area contributed by atoms with Crippen LogP contribution in [0.4, 0.5) is 21.9 Å². The number of hydrogen-bond acceptors (Lipinski definition) is 2. The zero-order valence-electron chi connectivity index (χ0n) is 9.78. The molecule has 0 aliphatic heterocycles. The first kappa shape index (κ1) is 13.7. The molecule has 0 spiro atoms. The fourth-order valence-electron chi connectivity index (χ4n) is 1.47. The predicted octanol–water partition coefficient (Wildman–Crippen LogP) is 4.33.